The number of carbonyl (C=O) groups is 1. The highest BCUT2D eigenvalue weighted by Gasteiger charge is 2.38. The van der Waals surface area contributed by atoms with E-state index in [4.69, 9.17) is 14.5 Å². The second-order valence-corrected chi connectivity index (χ2v) is 9.04. The fraction of sp³-hybridized carbons (Fsp3) is 0.391. The van der Waals surface area contributed by atoms with E-state index in [-0.39, 0.29) is 5.91 Å². The predicted molar refractivity (Wildman–Crippen MR) is 121 cm³/mol. The average Bonchev–Trinajstić information content (AvgIpc) is 3.11. The maximum Gasteiger partial charge on any atom is 0.273 e. The Labute approximate surface area is 181 Å². The number of aryl methyl sites for hydroxylation is 2. The molecule has 2 aromatic carbocycles. The van der Waals surface area contributed by atoms with E-state index in [9.17, 15) is 4.79 Å². The Balaban J connectivity index is 1.69. The number of fused-ring (bicyclic) bond motifs is 2. The molecule has 2 atom stereocenters. The van der Waals surface area contributed by atoms with E-state index >= 15 is 0 Å². The molecule has 0 saturated heterocycles. The first kappa shape index (κ1) is 20.6. The van der Waals surface area contributed by atoms with Crippen molar-refractivity contribution in [2.75, 3.05) is 32.1 Å². The van der Waals surface area contributed by atoms with Gasteiger partial charge in [-0.15, -0.1) is 0 Å². The highest BCUT2D eigenvalue weighted by Crippen LogP contribution is 2.36. The van der Waals surface area contributed by atoms with E-state index in [1.165, 1.54) is 5.56 Å². The van der Waals surface area contributed by atoms with Crippen molar-refractivity contribution >= 4 is 32.6 Å². The molecule has 1 aliphatic heterocycles. The van der Waals surface area contributed by atoms with Gasteiger partial charge >= 0.3 is 0 Å². The van der Waals surface area contributed by atoms with Crippen molar-refractivity contribution in [3.63, 3.8) is 0 Å². The number of likely N-dealkylation sites (N-methyl/N-ethyl adjacent to an activating group) is 1. The normalized spacial score (nSPS) is 18.1. The lowest BCUT2D eigenvalue weighted by atomic mass is 10.1. The number of aromatic nitrogens is 1. The largest absolute Gasteiger partial charge is 0.482 e. The van der Waals surface area contributed by atoms with Crippen molar-refractivity contribution in [3.05, 3.63) is 47.5 Å². The van der Waals surface area contributed by atoms with Crippen LogP contribution in [-0.4, -0.2) is 55.2 Å². The molecule has 1 aromatic heterocycles. The molecule has 0 fully saturated rings. The van der Waals surface area contributed by atoms with Gasteiger partial charge in [-0.2, -0.15) is 0 Å². The van der Waals surface area contributed by atoms with Crippen LogP contribution in [0.2, 0.25) is 0 Å². The summed E-state index contributed by atoms with van der Waals surface area (Å²) in [5.74, 6) is 1.13. The van der Waals surface area contributed by atoms with Gasteiger partial charge in [-0.3, -0.25) is 9.69 Å². The number of nitrogens with zero attached hydrogens (tertiary/aromatic N) is 3. The molecule has 0 aliphatic carbocycles. The van der Waals surface area contributed by atoms with Crippen LogP contribution >= 0.6 is 11.3 Å². The Morgan fingerprint density at radius 3 is 2.50 bits per heavy atom. The SMILES string of the molecule is Cc1cc(C)c2nc(N(CCN(C)C)C(=O)C3Oc4ccccc4OC3C)sc2c1. The number of anilines is 1. The van der Waals surface area contributed by atoms with E-state index in [1.807, 2.05) is 45.3 Å². The van der Waals surface area contributed by atoms with Crippen molar-refractivity contribution in [3.8, 4) is 11.5 Å². The topological polar surface area (TPSA) is 54.9 Å². The van der Waals surface area contributed by atoms with Crippen LogP contribution < -0.4 is 14.4 Å². The molecule has 1 amide bonds. The Kier molecular flexibility index (Phi) is 5.66. The molecule has 1 aliphatic rings. The third-order valence-electron chi connectivity index (χ3n) is 5.17. The van der Waals surface area contributed by atoms with Gasteiger partial charge in [0.15, 0.2) is 16.6 Å². The Bertz CT molecular complexity index is 1080. The van der Waals surface area contributed by atoms with Gasteiger partial charge in [0.25, 0.3) is 5.91 Å². The zero-order chi connectivity index (χ0) is 21.4. The number of para-hydroxylation sites is 2. The average molecular weight is 426 g/mol. The van der Waals surface area contributed by atoms with Gasteiger partial charge < -0.3 is 14.4 Å². The van der Waals surface area contributed by atoms with Crippen LogP contribution in [0.5, 0.6) is 11.5 Å². The molecular formula is C23H27N3O3S. The van der Waals surface area contributed by atoms with Crippen LogP contribution in [0.25, 0.3) is 10.2 Å². The summed E-state index contributed by atoms with van der Waals surface area (Å²) in [4.78, 5) is 22.3. The molecule has 4 rings (SSSR count). The number of benzene rings is 2. The van der Waals surface area contributed by atoms with Crippen LogP contribution in [0.1, 0.15) is 18.1 Å². The second-order valence-electron chi connectivity index (χ2n) is 8.03. The van der Waals surface area contributed by atoms with Gasteiger partial charge in [-0.05, 0) is 64.2 Å². The number of rotatable bonds is 5. The van der Waals surface area contributed by atoms with Gasteiger partial charge in [0, 0.05) is 13.1 Å². The number of carbonyl (C=O) groups excluding carboxylic acids is 1. The smallest absolute Gasteiger partial charge is 0.273 e. The zero-order valence-electron chi connectivity index (χ0n) is 18.0. The molecule has 0 spiro atoms. The minimum Gasteiger partial charge on any atom is -0.482 e. The number of ether oxygens (including phenoxy) is 2. The summed E-state index contributed by atoms with van der Waals surface area (Å²) in [6, 6.07) is 11.7. The van der Waals surface area contributed by atoms with Crippen molar-refractivity contribution in [2.45, 2.75) is 33.0 Å². The third kappa shape index (κ3) is 4.00. The number of thiazole rings is 1. The lowest BCUT2D eigenvalue weighted by molar-refractivity contribution is -0.130. The van der Waals surface area contributed by atoms with Crippen molar-refractivity contribution in [2.24, 2.45) is 0 Å². The summed E-state index contributed by atoms with van der Waals surface area (Å²) in [5, 5.41) is 0.695. The predicted octanol–water partition coefficient (Wildman–Crippen LogP) is 4.04. The van der Waals surface area contributed by atoms with Crippen molar-refractivity contribution < 1.29 is 14.3 Å². The minimum atomic E-state index is -0.725. The first-order chi connectivity index (χ1) is 14.3. The summed E-state index contributed by atoms with van der Waals surface area (Å²) >= 11 is 1.54. The van der Waals surface area contributed by atoms with Crippen molar-refractivity contribution in [1.82, 2.24) is 9.88 Å². The van der Waals surface area contributed by atoms with Crippen LogP contribution in [-0.2, 0) is 4.79 Å². The minimum absolute atomic E-state index is 0.132. The fourth-order valence-corrected chi connectivity index (χ4v) is 4.79. The molecule has 30 heavy (non-hydrogen) atoms. The molecule has 0 radical (unpaired) electrons. The van der Waals surface area contributed by atoms with E-state index < -0.39 is 12.2 Å². The zero-order valence-corrected chi connectivity index (χ0v) is 18.8. The van der Waals surface area contributed by atoms with Gasteiger partial charge in [0.05, 0.1) is 10.2 Å². The summed E-state index contributed by atoms with van der Waals surface area (Å²) < 4.78 is 13.1. The van der Waals surface area contributed by atoms with Gasteiger partial charge in [-0.25, -0.2) is 4.98 Å². The van der Waals surface area contributed by atoms with Crippen LogP contribution in [0.15, 0.2) is 36.4 Å². The van der Waals surface area contributed by atoms with E-state index in [0.717, 1.165) is 22.3 Å². The van der Waals surface area contributed by atoms with Gasteiger partial charge in [-0.1, -0.05) is 29.5 Å². The van der Waals surface area contributed by atoms with E-state index in [1.54, 1.807) is 16.2 Å². The van der Waals surface area contributed by atoms with Gasteiger partial charge in [0.1, 0.15) is 6.10 Å². The quantitative estimate of drug-likeness (QED) is 0.618. The lowest BCUT2D eigenvalue weighted by Gasteiger charge is -2.34. The highest BCUT2D eigenvalue weighted by molar-refractivity contribution is 7.22. The summed E-state index contributed by atoms with van der Waals surface area (Å²) in [6.45, 7) is 7.25. The van der Waals surface area contributed by atoms with Crippen LogP contribution in [0, 0.1) is 13.8 Å². The molecule has 3 aromatic rings. The summed E-state index contributed by atoms with van der Waals surface area (Å²) in [7, 11) is 3.99. The molecule has 0 saturated carbocycles. The van der Waals surface area contributed by atoms with E-state index in [2.05, 4.69) is 30.9 Å². The Morgan fingerprint density at radius 2 is 1.80 bits per heavy atom. The molecule has 0 N–H and O–H groups in total. The van der Waals surface area contributed by atoms with Crippen LogP contribution in [0.4, 0.5) is 5.13 Å². The lowest BCUT2D eigenvalue weighted by Crippen LogP contribution is -2.52. The third-order valence-corrected chi connectivity index (χ3v) is 6.20. The van der Waals surface area contributed by atoms with E-state index in [0.29, 0.717) is 23.2 Å². The number of hydrogen-bond donors (Lipinski definition) is 0. The van der Waals surface area contributed by atoms with Crippen LogP contribution in [0.3, 0.4) is 0 Å². The highest BCUT2D eigenvalue weighted by atomic mass is 32.1. The fourth-order valence-electron chi connectivity index (χ4n) is 3.62. The molecule has 2 heterocycles. The Hall–Kier alpha value is -2.64. The Morgan fingerprint density at radius 1 is 1.10 bits per heavy atom. The maximum atomic E-state index is 13.6. The molecule has 0 bridgehead atoms. The summed E-state index contributed by atoms with van der Waals surface area (Å²) in [6.07, 6.45) is -1.12. The van der Waals surface area contributed by atoms with Crippen molar-refractivity contribution in [1.29, 1.82) is 0 Å². The first-order valence-electron chi connectivity index (χ1n) is 10.1. The van der Waals surface area contributed by atoms with Gasteiger partial charge in [0.2, 0.25) is 6.10 Å². The number of amides is 1. The first-order valence-corrected chi connectivity index (χ1v) is 10.9. The molecule has 6 nitrogen and oxygen atoms in total. The monoisotopic (exact) mass is 425 g/mol. The molecule has 7 heteroatoms. The summed E-state index contributed by atoms with van der Waals surface area (Å²) in [5.41, 5.74) is 3.25. The standard InChI is InChI=1S/C23H27N3O3S/c1-14-12-15(2)20-19(13-14)30-23(24-20)26(11-10-25(4)5)22(27)21-16(3)28-17-8-6-7-9-18(17)29-21/h6-9,12-13,16,21H,10-11H2,1-5H3. The number of hydrogen-bond acceptors (Lipinski definition) is 6. The second kappa shape index (κ2) is 8.24. The molecule has 2 unspecified atom stereocenters. The maximum absolute atomic E-state index is 13.6. The molecular weight excluding hydrogens is 398 g/mol. The molecule has 158 valence electrons.